The van der Waals surface area contributed by atoms with Gasteiger partial charge in [0.25, 0.3) is 0 Å². The van der Waals surface area contributed by atoms with E-state index in [1.807, 2.05) is 0 Å². The summed E-state index contributed by atoms with van der Waals surface area (Å²) in [5.41, 5.74) is 2.73. The Morgan fingerprint density at radius 3 is 2.44 bits per heavy atom. The lowest BCUT2D eigenvalue weighted by atomic mass is 10.2. The van der Waals surface area contributed by atoms with Crippen molar-refractivity contribution in [3.63, 3.8) is 0 Å². The molecule has 0 aromatic rings. The van der Waals surface area contributed by atoms with Crippen LogP contribution in [0.15, 0.2) is 17.5 Å². The topological polar surface area (TPSA) is 36.4 Å². The molecule has 9 heavy (non-hydrogen) atoms. The van der Waals surface area contributed by atoms with E-state index in [1.165, 1.54) is 0 Å². The molecule has 0 radical (unpaired) electrons. The quantitative estimate of drug-likeness (QED) is 0.539. The number of hydrazone groups is 1. The first-order chi connectivity index (χ1) is 4.20. The summed E-state index contributed by atoms with van der Waals surface area (Å²) in [5.74, 6) is 2.16. The molecule has 0 atom stereocenters. The van der Waals surface area contributed by atoms with E-state index in [9.17, 15) is 0 Å². The molecule has 50 valence electrons. The van der Waals surface area contributed by atoms with Crippen LogP contribution < -0.4 is 10.7 Å². The van der Waals surface area contributed by atoms with E-state index in [4.69, 9.17) is 0 Å². The Morgan fingerprint density at radius 1 is 1.56 bits per heavy atom. The third-order valence-electron chi connectivity index (χ3n) is 1.14. The second-order valence-corrected chi connectivity index (χ2v) is 2.37. The van der Waals surface area contributed by atoms with E-state index in [1.54, 1.807) is 0 Å². The lowest BCUT2D eigenvalue weighted by molar-refractivity contribution is 0.855. The zero-order valence-electron chi connectivity index (χ0n) is 5.73. The number of amidine groups is 1. The Morgan fingerprint density at radius 2 is 2.22 bits per heavy atom. The summed E-state index contributed by atoms with van der Waals surface area (Å²) in [7, 11) is 0. The van der Waals surface area contributed by atoms with Gasteiger partial charge in [0.1, 0.15) is 11.7 Å². The van der Waals surface area contributed by atoms with Gasteiger partial charge >= 0.3 is 0 Å². The Kier molecular flexibility index (Phi) is 1.42. The van der Waals surface area contributed by atoms with Gasteiger partial charge in [0.15, 0.2) is 0 Å². The van der Waals surface area contributed by atoms with E-state index in [0.29, 0.717) is 5.92 Å². The standard InChI is InChI=1S/C6H11N3/c1-4(2)6-7-5(3)8-9-6/h4,8H,3H2,1-2H3,(H,7,9). The average Bonchev–Trinajstić information content (AvgIpc) is 2.14. The van der Waals surface area contributed by atoms with Gasteiger partial charge in [-0.3, -0.25) is 5.43 Å². The average molecular weight is 125 g/mol. The van der Waals surface area contributed by atoms with Crippen LogP contribution in [0.4, 0.5) is 0 Å². The molecule has 0 spiro atoms. The van der Waals surface area contributed by atoms with Crippen molar-refractivity contribution in [3.8, 4) is 0 Å². The van der Waals surface area contributed by atoms with Crippen molar-refractivity contribution in [2.45, 2.75) is 13.8 Å². The van der Waals surface area contributed by atoms with Crippen molar-refractivity contribution in [1.29, 1.82) is 0 Å². The fraction of sp³-hybridized carbons (Fsp3) is 0.500. The smallest absolute Gasteiger partial charge is 0.130 e. The first kappa shape index (κ1) is 6.13. The molecule has 1 rings (SSSR count). The highest BCUT2D eigenvalue weighted by Crippen LogP contribution is 1.99. The monoisotopic (exact) mass is 125 g/mol. The highest BCUT2D eigenvalue weighted by Gasteiger charge is 2.10. The van der Waals surface area contributed by atoms with Gasteiger partial charge < -0.3 is 5.32 Å². The molecule has 3 nitrogen and oxygen atoms in total. The van der Waals surface area contributed by atoms with Crippen LogP contribution in [-0.4, -0.2) is 5.84 Å². The van der Waals surface area contributed by atoms with Crippen molar-refractivity contribution in [3.05, 3.63) is 12.4 Å². The van der Waals surface area contributed by atoms with Gasteiger partial charge in [-0.25, -0.2) is 0 Å². The normalized spacial score (nSPS) is 17.2. The molecule has 0 unspecified atom stereocenters. The summed E-state index contributed by atoms with van der Waals surface area (Å²) >= 11 is 0. The van der Waals surface area contributed by atoms with E-state index in [2.05, 4.69) is 36.3 Å². The van der Waals surface area contributed by atoms with Crippen LogP contribution in [0.1, 0.15) is 13.8 Å². The third kappa shape index (κ3) is 1.22. The molecule has 0 aromatic carbocycles. The highest BCUT2D eigenvalue weighted by molar-refractivity contribution is 5.86. The summed E-state index contributed by atoms with van der Waals surface area (Å²) in [5, 5.41) is 6.97. The highest BCUT2D eigenvalue weighted by atomic mass is 15.4. The summed E-state index contributed by atoms with van der Waals surface area (Å²) < 4.78 is 0. The summed E-state index contributed by atoms with van der Waals surface area (Å²) in [6.07, 6.45) is 0. The fourth-order valence-corrected chi connectivity index (χ4v) is 0.612. The van der Waals surface area contributed by atoms with Crippen LogP contribution in [0.25, 0.3) is 0 Å². The SMILES string of the molecule is C=C1NN=C(C(C)C)N1. The van der Waals surface area contributed by atoms with Crippen molar-refractivity contribution in [2.75, 3.05) is 0 Å². The number of rotatable bonds is 1. The van der Waals surface area contributed by atoms with Crippen LogP contribution >= 0.6 is 0 Å². The molecular formula is C6H11N3. The van der Waals surface area contributed by atoms with Crippen molar-refractivity contribution >= 4 is 5.84 Å². The van der Waals surface area contributed by atoms with Gasteiger partial charge in [-0.05, 0) is 0 Å². The molecule has 1 heterocycles. The maximum Gasteiger partial charge on any atom is 0.130 e. The first-order valence-electron chi connectivity index (χ1n) is 2.99. The zero-order chi connectivity index (χ0) is 6.85. The second-order valence-electron chi connectivity index (χ2n) is 2.37. The summed E-state index contributed by atoms with van der Waals surface area (Å²) in [6.45, 7) is 7.80. The van der Waals surface area contributed by atoms with Crippen LogP contribution in [-0.2, 0) is 0 Å². The largest absolute Gasteiger partial charge is 0.328 e. The van der Waals surface area contributed by atoms with Crippen molar-refractivity contribution in [1.82, 2.24) is 10.7 Å². The van der Waals surface area contributed by atoms with E-state index >= 15 is 0 Å². The van der Waals surface area contributed by atoms with E-state index < -0.39 is 0 Å². The molecule has 1 aliphatic heterocycles. The second kappa shape index (κ2) is 2.09. The molecule has 0 saturated heterocycles. The maximum absolute atomic E-state index is 3.97. The molecule has 0 aliphatic carbocycles. The molecule has 2 N–H and O–H groups in total. The van der Waals surface area contributed by atoms with Crippen LogP contribution in [0, 0.1) is 5.92 Å². The summed E-state index contributed by atoms with van der Waals surface area (Å²) in [6, 6.07) is 0. The lowest BCUT2D eigenvalue weighted by Gasteiger charge is -2.01. The van der Waals surface area contributed by atoms with E-state index in [-0.39, 0.29) is 0 Å². The van der Waals surface area contributed by atoms with Crippen LogP contribution in [0.2, 0.25) is 0 Å². The summed E-state index contributed by atoms with van der Waals surface area (Å²) in [4.78, 5) is 0. The zero-order valence-corrected chi connectivity index (χ0v) is 5.73. The molecule has 0 aromatic heterocycles. The van der Waals surface area contributed by atoms with Gasteiger partial charge in [0.2, 0.25) is 0 Å². The minimum absolute atomic E-state index is 0.441. The minimum Gasteiger partial charge on any atom is -0.328 e. The Hall–Kier alpha value is -0.990. The molecule has 0 fully saturated rings. The first-order valence-corrected chi connectivity index (χ1v) is 2.99. The molecule has 0 bridgehead atoms. The number of nitrogens with zero attached hydrogens (tertiary/aromatic N) is 1. The number of nitrogens with one attached hydrogen (secondary N) is 2. The molecule has 0 amide bonds. The predicted octanol–water partition coefficient (Wildman–Crippen LogP) is 0.620. The predicted molar refractivity (Wildman–Crippen MR) is 37.7 cm³/mol. The van der Waals surface area contributed by atoms with Crippen LogP contribution in [0.5, 0.6) is 0 Å². The fourth-order valence-electron chi connectivity index (χ4n) is 0.612. The maximum atomic E-state index is 3.97. The third-order valence-corrected chi connectivity index (χ3v) is 1.14. The Balaban J connectivity index is 2.55. The lowest BCUT2D eigenvalue weighted by Crippen LogP contribution is -2.22. The molecule has 3 heteroatoms. The van der Waals surface area contributed by atoms with Crippen LogP contribution in [0.3, 0.4) is 0 Å². The van der Waals surface area contributed by atoms with Crippen molar-refractivity contribution in [2.24, 2.45) is 11.0 Å². The van der Waals surface area contributed by atoms with Gasteiger partial charge in [0, 0.05) is 5.92 Å². The van der Waals surface area contributed by atoms with Gasteiger partial charge in [0.05, 0.1) is 0 Å². The van der Waals surface area contributed by atoms with Crippen molar-refractivity contribution < 1.29 is 0 Å². The van der Waals surface area contributed by atoms with Gasteiger partial charge in [-0.2, -0.15) is 5.10 Å². The van der Waals surface area contributed by atoms with Gasteiger partial charge in [-0.1, -0.05) is 20.4 Å². The number of hydrogen-bond donors (Lipinski definition) is 2. The Bertz CT molecular complexity index is 158. The molecular weight excluding hydrogens is 114 g/mol. The van der Waals surface area contributed by atoms with E-state index in [0.717, 1.165) is 11.7 Å². The van der Waals surface area contributed by atoms with Gasteiger partial charge in [-0.15, -0.1) is 0 Å². The molecule has 1 aliphatic rings. The molecule has 0 saturated carbocycles. The minimum atomic E-state index is 0.441. The number of hydrogen-bond acceptors (Lipinski definition) is 3. The Labute approximate surface area is 54.8 Å².